The Morgan fingerprint density at radius 1 is 1.21 bits per heavy atom. The average molecular weight is 280 g/mol. The number of nitrogens with one attached hydrogen (secondary N) is 1. The summed E-state index contributed by atoms with van der Waals surface area (Å²) in [7, 11) is -1.85. The zero-order valence-corrected chi connectivity index (χ0v) is 14.3. The van der Waals surface area contributed by atoms with Gasteiger partial charge >= 0.3 is 0 Å². The third-order valence-corrected chi connectivity index (χ3v) is 8.01. The van der Waals surface area contributed by atoms with Gasteiger partial charge in [-0.25, -0.2) is 0 Å². The van der Waals surface area contributed by atoms with E-state index in [0.717, 1.165) is 17.1 Å². The summed E-state index contributed by atoms with van der Waals surface area (Å²) in [5.41, 5.74) is 7.73. The van der Waals surface area contributed by atoms with Crippen LogP contribution in [-0.2, 0) is 0 Å². The molecule has 1 aromatic carbocycles. The Balaban J connectivity index is 3.11. The van der Waals surface area contributed by atoms with Crippen molar-refractivity contribution < 1.29 is 4.43 Å². The van der Waals surface area contributed by atoms with Gasteiger partial charge in [-0.1, -0.05) is 26.8 Å². The first-order chi connectivity index (χ1) is 8.54. The Morgan fingerprint density at radius 3 is 2.26 bits per heavy atom. The molecule has 1 rings (SSSR count). The lowest BCUT2D eigenvalue weighted by molar-refractivity contribution is 0.493. The van der Waals surface area contributed by atoms with E-state index in [9.17, 15) is 0 Å². The van der Waals surface area contributed by atoms with E-state index >= 15 is 0 Å². The van der Waals surface area contributed by atoms with Gasteiger partial charge in [0, 0.05) is 6.04 Å². The zero-order chi connectivity index (χ0) is 14.8. The standard InChI is InChI=1S/C15H28N2OSi/c1-11(2)17-14-12(16)9-8-10-13(14)18-19(6,7)15(3,4)5/h8-11,17H,16H2,1-7H3. The maximum atomic E-state index is 6.38. The van der Waals surface area contributed by atoms with Gasteiger partial charge in [0.2, 0.25) is 0 Å². The Labute approximate surface area is 118 Å². The minimum absolute atomic E-state index is 0.173. The molecule has 0 saturated carbocycles. The number of nitrogens with two attached hydrogens (primary N) is 1. The van der Waals surface area contributed by atoms with Gasteiger partial charge < -0.3 is 15.5 Å². The molecule has 0 fully saturated rings. The molecule has 0 saturated heterocycles. The second-order valence-electron chi connectivity index (χ2n) is 6.88. The maximum Gasteiger partial charge on any atom is 0.250 e. The first kappa shape index (κ1) is 15.9. The first-order valence-corrected chi connectivity index (χ1v) is 9.79. The van der Waals surface area contributed by atoms with Crippen molar-refractivity contribution in [2.75, 3.05) is 11.1 Å². The predicted octanol–water partition coefficient (Wildman–Crippen LogP) is 4.47. The quantitative estimate of drug-likeness (QED) is 0.632. The molecule has 3 nitrogen and oxygen atoms in total. The van der Waals surface area contributed by atoms with Gasteiger partial charge in [0.05, 0.1) is 11.4 Å². The topological polar surface area (TPSA) is 47.3 Å². The van der Waals surface area contributed by atoms with E-state index in [1.165, 1.54) is 0 Å². The van der Waals surface area contributed by atoms with Gasteiger partial charge in [-0.2, -0.15) is 0 Å². The second-order valence-corrected chi connectivity index (χ2v) is 11.6. The Bertz CT molecular complexity index is 436. The maximum absolute atomic E-state index is 6.38. The fraction of sp³-hybridized carbons (Fsp3) is 0.600. The molecule has 0 bridgehead atoms. The van der Waals surface area contributed by atoms with Gasteiger partial charge in [-0.15, -0.1) is 0 Å². The van der Waals surface area contributed by atoms with Crippen LogP contribution in [0.15, 0.2) is 18.2 Å². The largest absolute Gasteiger partial charge is 0.542 e. The number of nitrogen functional groups attached to an aromatic ring is 1. The molecular formula is C15H28N2OSi. The molecule has 0 amide bonds. The summed E-state index contributed by atoms with van der Waals surface area (Å²) in [6, 6.07) is 6.18. The third kappa shape index (κ3) is 3.90. The molecule has 0 aromatic heterocycles. The van der Waals surface area contributed by atoms with Crippen LogP contribution >= 0.6 is 0 Å². The van der Waals surface area contributed by atoms with Crippen LogP contribution in [0.4, 0.5) is 11.4 Å². The summed E-state index contributed by atoms with van der Waals surface area (Å²) in [5, 5.41) is 3.56. The van der Waals surface area contributed by atoms with Gasteiger partial charge in [-0.05, 0) is 44.1 Å². The lowest BCUT2D eigenvalue weighted by Gasteiger charge is -2.37. The van der Waals surface area contributed by atoms with E-state index in [4.69, 9.17) is 10.2 Å². The second kappa shape index (κ2) is 5.45. The minimum atomic E-state index is -1.85. The fourth-order valence-electron chi connectivity index (χ4n) is 1.50. The van der Waals surface area contributed by atoms with Crippen molar-refractivity contribution in [2.24, 2.45) is 0 Å². The average Bonchev–Trinajstić information content (AvgIpc) is 2.20. The van der Waals surface area contributed by atoms with Crippen molar-refractivity contribution in [3.05, 3.63) is 18.2 Å². The highest BCUT2D eigenvalue weighted by molar-refractivity contribution is 6.74. The molecule has 0 atom stereocenters. The molecule has 0 aliphatic heterocycles. The van der Waals surface area contributed by atoms with E-state index in [0.29, 0.717) is 6.04 Å². The summed E-state index contributed by atoms with van der Waals surface area (Å²) in [5.74, 6) is 0.875. The molecule has 19 heavy (non-hydrogen) atoms. The van der Waals surface area contributed by atoms with Crippen molar-refractivity contribution in [3.63, 3.8) is 0 Å². The lowest BCUT2D eigenvalue weighted by Crippen LogP contribution is -2.44. The highest BCUT2D eigenvalue weighted by Crippen LogP contribution is 2.40. The fourth-order valence-corrected chi connectivity index (χ4v) is 2.53. The number of anilines is 2. The highest BCUT2D eigenvalue weighted by atomic mass is 28.4. The molecule has 0 radical (unpaired) electrons. The SMILES string of the molecule is CC(C)Nc1c(N)cccc1O[Si](C)(C)C(C)(C)C. The summed E-state index contributed by atoms with van der Waals surface area (Å²) < 4.78 is 6.38. The van der Waals surface area contributed by atoms with Crippen LogP contribution in [0, 0.1) is 0 Å². The van der Waals surface area contributed by atoms with E-state index < -0.39 is 8.32 Å². The minimum Gasteiger partial charge on any atom is -0.542 e. The van der Waals surface area contributed by atoms with Crippen molar-refractivity contribution in [3.8, 4) is 5.75 Å². The highest BCUT2D eigenvalue weighted by Gasteiger charge is 2.39. The van der Waals surface area contributed by atoms with Crippen LogP contribution in [-0.4, -0.2) is 14.4 Å². The molecule has 1 aromatic rings. The van der Waals surface area contributed by atoms with Crippen molar-refractivity contribution >= 4 is 19.7 Å². The number of hydrogen-bond acceptors (Lipinski definition) is 3. The summed E-state index contributed by atoms with van der Waals surface area (Å²) in [4.78, 5) is 0. The van der Waals surface area contributed by atoms with Crippen LogP contribution in [0.25, 0.3) is 0 Å². The molecule has 4 heteroatoms. The van der Waals surface area contributed by atoms with Crippen LogP contribution < -0.4 is 15.5 Å². The third-order valence-electron chi connectivity index (χ3n) is 3.66. The normalized spacial score (nSPS) is 12.6. The van der Waals surface area contributed by atoms with E-state index in [1.807, 2.05) is 18.2 Å². The summed E-state index contributed by atoms with van der Waals surface area (Å²) in [6.07, 6.45) is 0. The van der Waals surface area contributed by atoms with Crippen LogP contribution in [0.1, 0.15) is 34.6 Å². The number of para-hydroxylation sites is 1. The Hall–Kier alpha value is -1.16. The Kier molecular flexibility index (Phi) is 4.56. The summed E-state index contributed by atoms with van der Waals surface area (Å²) in [6.45, 7) is 15.4. The first-order valence-electron chi connectivity index (χ1n) is 6.88. The molecular weight excluding hydrogens is 252 g/mol. The van der Waals surface area contributed by atoms with Gasteiger partial charge in [0.25, 0.3) is 8.32 Å². The van der Waals surface area contributed by atoms with E-state index in [-0.39, 0.29) is 5.04 Å². The van der Waals surface area contributed by atoms with E-state index in [2.05, 4.69) is 53.0 Å². The molecule has 3 N–H and O–H groups in total. The molecule has 0 spiro atoms. The van der Waals surface area contributed by atoms with Crippen LogP contribution in [0.2, 0.25) is 18.1 Å². The molecule has 0 aliphatic rings. The number of benzene rings is 1. The lowest BCUT2D eigenvalue weighted by atomic mass is 10.2. The van der Waals surface area contributed by atoms with Gasteiger partial charge in [0.1, 0.15) is 5.75 Å². The van der Waals surface area contributed by atoms with Crippen LogP contribution in [0.3, 0.4) is 0 Å². The zero-order valence-electron chi connectivity index (χ0n) is 13.3. The molecule has 0 heterocycles. The van der Waals surface area contributed by atoms with Crippen molar-refractivity contribution in [1.82, 2.24) is 0 Å². The van der Waals surface area contributed by atoms with Crippen molar-refractivity contribution in [1.29, 1.82) is 0 Å². The summed E-state index contributed by atoms with van der Waals surface area (Å²) >= 11 is 0. The molecule has 0 unspecified atom stereocenters. The number of hydrogen-bond donors (Lipinski definition) is 2. The predicted molar refractivity (Wildman–Crippen MR) is 87.4 cm³/mol. The molecule has 0 aliphatic carbocycles. The van der Waals surface area contributed by atoms with Gasteiger partial charge in [0.15, 0.2) is 0 Å². The van der Waals surface area contributed by atoms with Crippen molar-refractivity contribution in [2.45, 2.75) is 58.8 Å². The number of rotatable bonds is 4. The molecule has 108 valence electrons. The Morgan fingerprint density at radius 2 is 1.79 bits per heavy atom. The van der Waals surface area contributed by atoms with E-state index in [1.54, 1.807) is 0 Å². The monoisotopic (exact) mass is 280 g/mol. The van der Waals surface area contributed by atoms with Gasteiger partial charge in [-0.3, -0.25) is 0 Å². The van der Waals surface area contributed by atoms with Crippen LogP contribution in [0.5, 0.6) is 5.75 Å². The smallest absolute Gasteiger partial charge is 0.250 e.